The maximum atomic E-state index is 2.19. The summed E-state index contributed by atoms with van der Waals surface area (Å²) in [7, 11) is 0. The summed E-state index contributed by atoms with van der Waals surface area (Å²) in [6.45, 7) is 5.40. The molecule has 0 atom stereocenters. The summed E-state index contributed by atoms with van der Waals surface area (Å²) in [6.07, 6.45) is 0. The molecule has 3 heteroatoms. The van der Waals surface area contributed by atoms with E-state index in [1.165, 1.54) is 9.81 Å². The summed E-state index contributed by atoms with van der Waals surface area (Å²) in [5.41, 5.74) is 0. The van der Waals surface area contributed by atoms with Gasteiger partial charge >= 0.3 is 0 Å². The van der Waals surface area contributed by atoms with Gasteiger partial charge in [0, 0.05) is 6.98 Å². The van der Waals surface area contributed by atoms with Crippen LogP contribution < -0.4 is 0 Å². The van der Waals surface area contributed by atoms with Crippen LogP contribution in [0.4, 0.5) is 0 Å². The molecule has 0 aromatic carbocycles. The van der Waals surface area contributed by atoms with Crippen LogP contribution in [0.5, 0.6) is 0 Å². The fourth-order valence-electron chi connectivity index (χ4n) is 0.290. The zero-order valence-corrected chi connectivity index (χ0v) is 6.95. The summed E-state index contributed by atoms with van der Waals surface area (Å²) < 4.78 is 0. The third-order valence-electron chi connectivity index (χ3n) is 0.885. The lowest BCUT2D eigenvalue weighted by molar-refractivity contribution is 1.57. The highest BCUT2D eigenvalue weighted by Crippen LogP contribution is 2.58. The summed E-state index contributed by atoms with van der Waals surface area (Å²) >= 11 is 3.95. The molecular formula is C4H7PS2. The van der Waals surface area contributed by atoms with Gasteiger partial charge in [-0.3, -0.25) is 0 Å². The molecule has 0 bridgehead atoms. The molecule has 0 amide bonds. The predicted molar refractivity (Wildman–Crippen MR) is 41.9 cm³/mol. The van der Waals surface area contributed by atoms with E-state index in [-0.39, 0.29) is 0 Å². The third-order valence-corrected chi connectivity index (χ3v) is 6.24. The molecule has 40 valence electrons. The van der Waals surface area contributed by atoms with Crippen LogP contribution in [0.25, 0.3) is 0 Å². The highest BCUT2D eigenvalue weighted by atomic mass is 33.1. The first-order chi connectivity index (χ1) is 3.30. The van der Waals surface area contributed by atoms with Gasteiger partial charge in [0.1, 0.15) is 0 Å². The lowest BCUT2D eigenvalue weighted by atomic mass is 10.6. The van der Waals surface area contributed by atoms with Crippen LogP contribution >= 0.6 is 29.7 Å². The normalized spacial score (nSPS) is 21.4. The Morgan fingerprint density at radius 2 is 1.57 bits per heavy atom. The van der Waals surface area contributed by atoms with Gasteiger partial charge < -0.3 is 0 Å². The van der Waals surface area contributed by atoms with Crippen molar-refractivity contribution in [3.63, 3.8) is 0 Å². The van der Waals surface area contributed by atoms with Crippen molar-refractivity contribution < 1.29 is 0 Å². The monoisotopic (exact) mass is 150 g/mol. The molecule has 1 rings (SSSR count). The quantitative estimate of drug-likeness (QED) is 0.486. The zero-order valence-electron chi connectivity index (χ0n) is 4.32. The van der Waals surface area contributed by atoms with E-state index in [1.807, 2.05) is 22.8 Å². The zero-order chi connectivity index (χ0) is 5.28. The fraction of sp³-hybridized carbons (Fsp3) is 0.500. The van der Waals surface area contributed by atoms with Crippen molar-refractivity contribution in [2.45, 2.75) is 13.8 Å². The third kappa shape index (κ3) is 1.38. The molecule has 0 spiro atoms. The van der Waals surface area contributed by atoms with Gasteiger partial charge in [-0.2, -0.15) is 0 Å². The van der Waals surface area contributed by atoms with Crippen molar-refractivity contribution in [3.05, 3.63) is 9.81 Å². The number of allylic oxidation sites excluding steroid dienone is 2. The standard InChI is InChI=1S/C4H7PS2/c1-3-4(2)7-5-6-3/h5H,1-2H3. The van der Waals surface area contributed by atoms with Gasteiger partial charge in [-0.15, -0.1) is 0 Å². The van der Waals surface area contributed by atoms with Gasteiger partial charge in [-0.05, 0) is 23.7 Å². The Morgan fingerprint density at radius 3 is 1.71 bits per heavy atom. The second-order valence-corrected chi connectivity index (χ2v) is 6.42. The molecule has 0 fully saturated rings. The molecule has 0 nitrogen and oxygen atoms in total. The minimum Gasteiger partial charge on any atom is -0.0941 e. The van der Waals surface area contributed by atoms with Crippen molar-refractivity contribution in [3.8, 4) is 0 Å². The number of hydrogen-bond acceptors (Lipinski definition) is 2. The van der Waals surface area contributed by atoms with Crippen molar-refractivity contribution >= 4 is 29.7 Å². The maximum absolute atomic E-state index is 2.19. The lowest BCUT2D eigenvalue weighted by Crippen LogP contribution is -1.58. The van der Waals surface area contributed by atoms with Gasteiger partial charge in [0.15, 0.2) is 0 Å². The molecule has 0 aliphatic carbocycles. The Labute approximate surface area is 53.8 Å². The van der Waals surface area contributed by atoms with E-state index in [0.717, 1.165) is 6.98 Å². The van der Waals surface area contributed by atoms with Gasteiger partial charge in [0.25, 0.3) is 0 Å². The minimum absolute atomic E-state index is 1.03. The molecular weight excluding hydrogens is 143 g/mol. The molecule has 1 heterocycles. The first-order valence-electron chi connectivity index (χ1n) is 2.07. The van der Waals surface area contributed by atoms with E-state index in [9.17, 15) is 0 Å². The molecule has 0 aromatic heterocycles. The van der Waals surface area contributed by atoms with E-state index in [0.29, 0.717) is 0 Å². The second kappa shape index (κ2) is 2.43. The second-order valence-electron chi connectivity index (χ2n) is 1.40. The fourth-order valence-corrected chi connectivity index (χ4v) is 5.98. The van der Waals surface area contributed by atoms with Crippen LogP contribution in [-0.2, 0) is 0 Å². The first-order valence-corrected chi connectivity index (χ1v) is 6.15. The molecule has 1 aliphatic rings. The summed E-state index contributed by atoms with van der Waals surface area (Å²) in [4.78, 5) is 3.03. The smallest absolute Gasteiger partial charge is 0.00807 e. The first kappa shape index (κ1) is 6.00. The number of rotatable bonds is 0. The van der Waals surface area contributed by atoms with E-state index < -0.39 is 0 Å². The maximum Gasteiger partial charge on any atom is 0.00807 e. The van der Waals surface area contributed by atoms with Gasteiger partial charge in [-0.25, -0.2) is 0 Å². The average Bonchev–Trinajstić information content (AvgIpc) is 1.91. The Morgan fingerprint density at radius 1 is 1.14 bits per heavy atom. The van der Waals surface area contributed by atoms with Crippen LogP contribution in [0.15, 0.2) is 9.81 Å². The van der Waals surface area contributed by atoms with E-state index in [4.69, 9.17) is 0 Å². The van der Waals surface area contributed by atoms with Crippen molar-refractivity contribution in [2.24, 2.45) is 0 Å². The topological polar surface area (TPSA) is 0 Å². The molecule has 1 aliphatic heterocycles. The van der Waals surface area contributed by atoms with E-state index in [1.54, 1.807) is 0 Å². The summed E-state index contributed by atoms with van der Waals surface area (Å²) in [6, 6.07) is 0. The molecule has 0 radical (unpaired) electrons. The van der Waals surface area contributed by atoms with Crippen molar-refractivity contribution in [1.29, 1.82) is 0 Å². The van der Waals surface area contributed by atoms with Gasteiger partial charge in [-0.1, -0.05) is 22.8 Å². The molecule has 0 N–H and O–H groups in total. The lowest BCUT2D eigenvalue weighted by Gasteiger charge is -1.84. The Balaban J connectivity index is 2.64. The van der Waals surface area contributed by atoms with Gasteiger partial charge in [0.05, 0.1) is 0 Å². The van der Waals surface area contributed by atoms with Crippen LogP contribution in [0.1, 0.15) is 13.8 Å². The molecule has 0 aromatic rings. The Bertz CT molecular complexity index is 96.3. The van der Waals surface area contributed by atoms with Crippen LogP contribution in [0, 0.1) is 0 Å². The summed E-state index contributed by atoms with van der Waals surface area (Å²) in [5.74, 6) is 0. The van der Waals surface area contributed by atoms with Gasteiger partial charge in [0.2, 0.25) is 0 Å². The average molecular weight is 150 g/mol. The molecule has 0 saturated carbocycles. The van der Waals surface area contributed by atoms with Crippen LogP contribution in [-0.4, -0.2) is 0 Å². The summed E-state index contributed by atoms with van der Waals surface area (Å²) in [5, 5.41) is 0. The highest BCUT2D eigenvalue weighted by molar-refractivity contribution is 8.85. The van der Waals surface area contributed by atoms with E-state index in [2.05, 4.69) is 13.8 Å². The number of hydrogen-bond donors (Lipinski definition) is 0. The largest absolute Gasteiger partial charge is 0.0941 e. The Kier molecular flexibility index (Phi) is 2.08. The SMILES string of the molecule is CC1=C(C)SPS1. The van der Waals surface area contributed by atoms with Crippen LogP contribution in [0.2, 0.25) is 0 Å². The van der Waals surface area contributed by atoms with Crippen molar-refractivity contribution in [2.75, 3.05) is 0 Å². The molecule has 0 saturated heterocycles. The minimum atomic E-state index is 1.03. The molecule has 0 unspecified atom stereocenters. The van der Waals surface area contributed by atoms with E-state index >= 15 is 0 Å². The van der Waals surface area contributed by atoms with Crippen molar-refractivity contribution in [1.82, 2.24) is 0 Å². The Hall–Kier alpha value is 0.870. The predicted octanol–water partition coefficient (Wildman–Crippen LogP) is 3.23. The van der Waals surface area contributed by atoms with Crippen LogP contribution in [0.3, 0.4) is 0 Å². The molecule has 7 heavy (non-hydrogen) atoms. The highest BCUT2D eigenvalue weighted by Gasteiger charge is 2.05.